The molecule has 8 nitrogen and oxygen atoms in total. The summed E-state index contributed by atoms with van der Waals surface area (Å²) in [7, 11) is 0. The van der Waals surface area contributed by atoms with Gasteiger partial charge >= 0.3 is 11.9 Å². The summed E-state index contributed by atoms with van der Waals surface area (Å²) in [5.74, 6) is -1.91. The Labute approximate surface area is 213 Å². The number of nitrogens with one attached hydrogen (secondary N) is 2. The van der Waals surface area contributed by atoms with Gasteiger partial charge in [-0.2, -0.15) is 0 Å². The number of unbranched alkanes of at least 4 members (excludes halogenated alkanes) is 2. The van der Waals surface area contributed by atoms with E-state index in [2.05, 4.69) is 33.5 Å². The molecule has 0 unspecified atom stereocenters. The van der Waals surface area contributed by atoms with E-state index in [1.165, 1.54) is 0 Å². The van der Waals surface area contributed by atoms with Crippen molar-refractivity contribution in [1.29, 1.82) is 0 Å². The number of amides is 2. The van der Waals surface area contributed by atoms with E-state index in [0.29, 0.717) is 23.5 Å². The maximum Gasteiger partial charge on any atom is 0.338 e. The summed E-state index contributed by atoms with van der Waals surface area (Å²) in [5.41, 5.74) is 3.44. The fraction of sp³-hybridized carbons (Fsp3) is 0.385. The summed E-state index contributed by atoms with van der Waals surface area (Å²) in [6.07, 6.45) is 2.61. The zero-order chi connectivity index (χ0) is 25.8. The number of hydrogen-bond donors (Lipinski definition) is 2. The van der Waals surface area contributed by atoms with Gasteiger partial charge < -0.3 is 20.1 Å². The van der Waals surface area contributed by atoms with Gasteiger partial charge in [-0.3, -0.25) is 14.4 Å². The van der Waals surface area contributed by atoms with E-state index in [-0.39, 0.29) is 18.7 Å². The minimum atomic E-state index is -0.653. The first-order chi connectivity index (χ1) is 16.7. The monoisotopic (exact) mass is 546 g/mol. The Balaban J connectivity index is 1.70. The molecule has 35 heavy (non-hydrogen) atoms. The molecular weight excluding hydrogens is 516 g/mol. The van der Waals surface area contributed by atoms with Crippen molar-refractivity contribution < 1.29 is 28.7 Å². The third-order valence-electron chi connectivity index (χ3n) is 5.30. The van der Waals surface area contributed by atoms with Crippen molar-refractivity contribution in [3.8, 4) is 0 Å². The average molecular weight is 547 g/mol. The van der Waals surface area contributed by atoms with Crippen LogP contribution in [0, 0.1) is 13.8 Å². The van der Waals surface area contributed by atoms with E-state index in [1.54, 1.807) is 30.3 Å². The van der Waals surface area contributed by atoms with E-state index < -0.39 is 24.5 Å². The van der Waals surface area contributed by atoms with Crippen LogP contribution in [-0.4, -0.2) is 37.0 Å². The largest absolute Gasteiger partial charge is 0.462 e. The van der Waals surface area contributed by atoms with Gasteiger partial charge in [0.1, 0.15) is 0 Å². The third-order valence-corrected chi connectivity index (χ3v) is 6.16. The minimum absolute atomic E-state index is 0.104. The number of carbonyl (C=O) groups is 4. The van der Waals surface area contributed by atoms with Crippen LogP contribution in [0.15, 0.2) is 40.9 Å². The van der Waals surface area contributed by atoms with Gasteiger partial charge in [0.2, 0.25) is 5.91 Å². The molecular formula is C26H31BrN2O6. The number of rotatable bonds is 12. The highest BCUT2D eigenvalue weighted by Crippen LogP contribution is 2.25. The molecule has 0 heterocycles. The topological polar surface area (TPSA) is 111 Å². The highest BCUT2D eigenvalue weighted by molar-refractivity contribution is 9.10. The number of halogens is 1. The quantitative estimate of drug-likeness (QED) is 0.275. The zero-order valence-corrected chi connectivity index (χ0v) is 21.8. The standard InChI is InChI=1S/C26H31BrN2O6/c1-4-5-6-15-34-26(33)19-7-9-20(10-8-19)28-23(30)13-14-25(32)35-16-24(31)29-22-12-11-21(27)17(2)18(22)3/h7-12H,4-6,13-16H2,1-3H3,(H,28,30)(H,29,31). The summed E-state index contributed by atoms with van der Waals surface area (Å²) in [5, 5.41) is 5.37. The third kappa shape index (κ3) is 9.52. The smallest absolute Gasteiger partial charge is 0.338 e. The van der Waals surface area contributed by atoms with Crippen LogP contribution in [0.25, 0.3) is 0 Å². The zero-order valence-electron chi connectivity index (χ0n) is 20.2. The van der Waals surface area contributed by atoms with Crippen LogP contribution in [0.1, 0.15) is 60.5 Å². The molecule has 0 bridgehead atoms. The Morgan fingerprint density at radius 2 is 1.54 bits per heavy atom. The van der Waals surface area contributed by atoms with Crippen molar-refractivity contribution in [3.05, 3.63) is 57.6 Å². The lowest BCUT2D eigenvalue weighted by Gasteiger charge is -2.12. The molecule has 188 valence electrons. The second-order valence-electron chi connectivity index (χ2n) is 8.02. The fourth-order valence-corrected chi connectivity index (χ4v) is 3.49. The van der Waals surface area contributed by atoms with Gasteiger partial charge in [-0.15, -0.1) is 0 Å². The van der Waals surface area contributed by atoms with Crippen LogP contribution in [-0.2, 0) is 23.9 Å². The lowest BCUT2D eigenvalue weighted by molar-refractivity contribution is -0.147. The first-order valence-electron chi connectivity index (χ1n) is 11.5. The molecule has 2 amide bonds. The van der Waals surface area contributed by atoms with Gasteiger partial charge in [-0.25, -0.2) is 4.79 Å². The van der Waals surface area contributed by atoms with Gasteiger partial charge in [-0.05, 0) is 67.8 Å². The van der Waals surface area contributed by atoms with Crippen molar-refractivity contribution in [2.24, 2.45) is 0 Å². The highest BCUT2D eigenvalue weighted by Gasteiger charge is 2.13. The number of esters is 2. The molecule has 0 atom stereocenters. The molecule has 0 spiro atoms. The lowest BCUT2D eigenvalue weighted by atomic mass is 10.1. The molecule has 0 aromatic heterocycles. The van der Waals surface area contributed by atoms with E-state index in [0.717, 1.165) is 34.9 Å². The van der Waals surface area contributed by atoms with Gasteiger partial charge in [-0.1, -0.05) is 35.7 Å². The summed E-state index contributed by atoms with van der Waals surface area (Å²) in [4.78, 5) is 48.1. The summed E-state index contributed by atoms with van der Waals surface area (Å²) < 4.78 is 11.1. The molecule has 2 aromatic rings. The normalized spacial score (nSPS) is 10.4. The number of benzene rings is 2. The molecule has 0 radical (unpaired) electrons. The SMILES string of the molecule is CCCCCOC(=O)c1ccc(NC(=O)CCC(=O)OCC(=O)Nc2ccc(Br)c(C)c2C)cc1. The Morgan fingerprint density at radius 1 is 0.829 bits per heavy atom. The molecule has 0 aliphatic heterocycles. The number of hydrogen-bond acceptors (Lipinski definition) is 6. The van der Waals surface area contributed by atoms with Gasteiger partial charge in [0.05, 0.1) is 18.6 Å². The summed E-state index contributed by atoms with van der Waals surface area (Å²) >= 11 is 3.43. The Kier molecular flexibility index (Phi) is 11.4. The molecule has 0 saturated heterocycles. The van der Waals surface area contributed by atoms with Crippen molar-refractivity contribution in [1.82, 2.24) is 0 Å². The van der Waals surface area contributed by atoms with Crippen LogP contribution in [0.4, 0.5) is 11.4 Å². The molecule has 9 heteroatoms. The van der Waals surface area contributed by atoms with Crippen LogP contribution in [0.2, 0.25) is 0 Å². The van der Waals surface area contributed by atoms with E-state index in [9.17, 15) is 19.2 Å². The van der Waals surface area contributed by atoms with Crippen LogP contribution < -0.4 is 10.6 Å². The van der Waals surface area contributed by atoms with Crippen molar-refractivity contribution >= 4 is 51.1 Å². The fourth-order valence-electron chi connectivity index (χ4n) is 3.06. The Morgan fingerprint density at radius 3 is 2.23 bits per heavy atom. The predicted molar refractivity (Wildman–Crippen MR) is 137 cm³/mol. The Bertz CT molecular complexity index is 1050. The van der Waals surface area contributed by atoms with Crippen molar-refractivity contribution in [3.63, 3.8) is 0 Å². The number of ether oxygens (including phenoxy) is 2. The molecule has 0 saturated carbocycles. The van der Waals surface area contributed by atoms with Gasteiger partial charge in [0.25, 0.3) is 5.91 Å². The molecule has 2 aromatic carbocycles. The van der Waals surface area contributed by atoms with E-state index >= 15 is 0 Å². The highest BCUT2D eigenvalue weighted by atomic mass is 79.9. The predicted octanol–water partition coefficient (Wildman–Crippen LogP) is 5.31. The van der Waals surface area contributed by atoms with Crippen molar-refractivity contribution in [2.45, 2.75) is 52.9 Å². The average Bonchev–Trinajstić information content (AvgIpc) is 2.84. The minimum Gasteiger partial charge on any atom is -0.462 e. The molecule has 0 aliphatic carbocycles. The lowest BCUT2D eigenvalue weighted by Crippen LogP contribution is -2.22. The molecule has 0 aliphatic rings. The Hall–Kier alpha value is -3.20. The molecule has 2 N–H and O–H groups in total. The number of carbonyl (C=O) groups excluding carboxylic acids is 4. The molecule has 0 fully saturated rings. The first-order valence-corrected chi connectivity index (χ1v) is 12.3. The maximum absolute atomic E-state index is 12.1. The summed E-state index contributed by atoms with van der Waals surface area (Å²) in [6.45, 7) is 5.83. The maximum atomic E-state index is 12.1. The van der Waals surface area contributed by atoms with Crippen LogP contribution in [0.5, 0.6) is 0 Å². The van der Waals surface area contributed by atoms with Gasteiger partial charge in [0, 0.05) is 22.3 Å². The molecule has 2 rings (SSSR count). The van der Waals surface area contributed by atoms with Crippen molar-refractivity contribution in [2.75, 3.05) is 23.8 Å². The number of anilines is 2. The second-order valence-corrected chi connectivity index (χ2v) is 8.88. The van der Waals surface area contributed by atoms with Crippen LogP contribution in [0.3, 0.4) is 0 Å². The van der Waals surface area contributed by atoms with Crippen LogP contribution >= 0.6 is 15.9 Å². The van der Waals surface area contributed by atoms with Gasteiger partial charge in [0.15, 0.2) is 6.61 Å². The second kappa shape index (κ2) is 14.3. The first kappa shape index (κ1) is 28.0. The van der Waals surface area contributed by atoms with E-state index in [1.807, 2.05) is 19.9 Å². The summed E-state index contributed by atoms with van der Waals surface area (Å²) in [6, 6.07) is 9.92. The van der Waals surface area contributed by atoms with E-state index in [4.69, 9.17) is 9.47 Å².